The van der Waals surface area contributed by atoms with Gasteiger partial charge >= 0.3 is 6.09 Å². The number of nitrogens with one attached hydrogen (secondary N) is 1. The minimum atomic E-state index is -0.292. The molecule has 1 N–H and O–H groups in total. The van der Waals surface area contributed by atoms with Crippen LogP contribution < -0.4 is 5.32 Å². The predicted octanol–water partition coefficient (Wildman–Crippen LogP) is 3.12. The number of piperidine rings is 1. The first kappa shape index (κ1) is 15.7. The largest absolute Gasteiger partial charge is 0.450 e. The van der Waals surface area contributed by atoms with Crippen LogP contribution >= 0.6 is 11.3 Å². The van der Waals surface area contributed by atoms with Crippen molar-refractivity contribution in [2.45, 2.75) is 57.5 Å². The molecule has 0 spiro atoms. The molecule has 2 aliphatic rings. The summed E-state index contributed by atoms with van der Waals surface area (Å²) in [4.78, 5) is 19.9. The van der Waals surface area contributed by atoms with E-state index in [1.807, 2.05) is 24.5 Å². The Balaban J connectivity index is 1.49. The van der Waals surface area contributed by atoms with Crippen LogP contribution in [0.25, 0.3) is 0 Å². The number of carbonyl (C=O) groups excluding carboxylic acids is 1. The highest BCUT2D eigenvalue weighted by atomic mass is 32.1. The van der Waals surface area contributed by atoms with Crippen LogP contribution in [0, 0.1) is 0 Å². The van der Waals surface area contributed by atoms with Crippen molar-refractivity contribution in [1.29, 1.82) is 0 Å². The monoisotopic (exact) mass is 323 g/mol. The fraction of sp³-hybridized carbons (Fsp3) is 0.750. The Labute approximate surface area is 136 Å². The lowest BCUT2D eigenvalue weighted by atomic mass is 9.86. The summed E-state index contributed by atoms with van der Waals surface area (Å²) in [6, 6.07) is 0.201. The fourth-order valence-electron chi connectivity index (χ4n) is 3.12. The molecule has 1 aliphatic heterocycles. The summed E-state index contributed by atoms with van der Waals surface area (Å²) in [5.74, 6) is 0.721. The van der Waals surface area contributed by atoms with Crippen LogP contribution in [-0.4, -0.2) is 41.7 Å². The Morgan fingerprint density at radius 3 is 3.05 bits per heavy atom. The fourth-order valence-corrected chi connectivity index (χ4v) is 4.25. The van der Waals surface area contributed by atoms with Gasteiger partial charge in [0.1, 0.15) is 0 Å². The number of amides is 1. The average Bonchev–Trinajstić information content (AvgIpc) is 2.85. The van der Waals surface area contributed by atoms with Crippen molar-refractivity contribution >= 4 is 17.4 Å². The quantitative estimate of drug-likeness (QED) is 0.904. The van der Waals surface area contributed by atoms with E-state index in [-0.39, 0.29) is 12.1 Å². The number of thiazole rings is 1. The molecular formula is C16H25N3O2S. The van der Waals surface area contributed by atoms with Crippen molar-refractivity contribution in [2.75, 3.05) is 19.7 Å². The lowest BCUT2D eigenvalue weighted by Gasteiger charge is -2.32. The first-order chi connectivity index (χ1) is 10.7. The van der Waals surface area contributed by atoms with Crippen molar-refractivity contribution in [1.82, 2.24) is 15.2 Å². The molecule has 122 valence electrons. The van der Waals surface area contributed by atoms with Crippen LogP contribution in [0.4, 0.5) is 4.79 Å². The van der Waals surface area contributed by atoms with Gasteiger partial charge in [0.25, 0.3) is 0 Å². The van der Waals surface area contributed by atoms with E-state index in [0.717, 1.165) is 38.4 Å². The van der Waals surface area contributed by atoms with E-state index in [1.165, 1.54) is 29.1 Å². The first-order valence-corrected chi connectivity index (χ1v) is 9.16. The zero-order chi connectivity index (χ0) is 15.4. The van der Waals surface area contributed by atoms with E-state index in [1.54, 1.807) is 0 Å². The van der Waals surface area contributed by atoms with E-state index in [4.69, 9.17) is 4.74 Å². The van der Waals surface area contributed by atoms with Gasteiger partial charge in [0.2, 0.25) is 0 Å². The summed E-state index contributed by atoms with van der Waals surface area (Å²) in [5.41, 5.74) is 0. The maximum absolute atomic E-state index is 11.5. The number of aromatic nitrogens is 1. The van der Waals surface area contributed by atoms with Gasteiger partial charge in [0.15, 0.2) is 0 Å². The lowest BCUT2D eigenvalue weighted by molar-refractivity contribution is 0.133. The molecule has 1 aromatic rings. The number of nitrogens with zero attached hydrogens (tertiary/aromatic N) is 2. The molecule has 0 bridgehead atoms. The highest BCUT2D eigenvalue weighted by Gasteiger charge is 2.25. The molecule has 1 aromatic heterocycles. The summed E-state index contributed by atoms with van der Waals surface area (Å²) in [6.07, 6.45) is 7.87. The number of hydrogen-bond donors (Lipinski definition) is 1. The second-order valence-corrected chi connectivity index (χ2v) is 7.38. The van der Waals surface area contributed by atoms with Crippen LogP contribution in [0.1, 0.15) is 54.8 Å². The molecule has 2 fully saturated rings. The average molecular weight is 323 g/mol. The summed E-state index contributed by atoms with van der Waals surface area (Å²) < 4.78 is 4.97. The highest BCUT2D eigenvalue weighted by molar-refractivity contribution is 7.11. The molecule has 3 rings (SSSR count). The van der Waals surface area contributed by atoms with E-state index < -0.39 is 0 Å². The van der Waals surface area contributed by atoms with Gasteiger partial charge in [0.05, 0.1) is 11.6 Å². The second kappa shape index (κ2) is 7.42. The summed E-state index contributed by atoms with van der Waals surface area (Å²) in [5, 5.41) is 4.28. The van der Waals surface area contributed by atoms with E-state index in [0.29, 0.717) is 6.61 Å². The third kappa shape index (κ3) is 3.98. The van der Waals surface area contributed by atoms with Crippen molar-refractivity contribution in [3.8, 4) is 0 Å². The molecule has 0 radical (unpaired) electrons. The van der Waals surface area contributed by atoms with Crippen molar-refractivity contribution < 1.29 is 9.53 Å². The van der Waals surface area contributed by atoms with Crippen LogP contribution in [-0.2, 0) is 11.3 Å². The molecular weight excluding hydrogens is 298 g/mol. The highest BCUT2D eigenvalue weighted by Crippen LogP contribution is 2.38. The molecule has 22 heavy (non-hydrogen) atoms. The Morgan fingerprint density at radius 2 is 2.32 bits per heavy atom. The molecule has 1 amide bonds. The van der Waals surface area contributed by atoms with E-state index in [2.05, 4.69) is 15.2 Å². The number of carbonyl (C=O) groups is 1. The topological polar surface area (TPSA) is 54.5 Å². The Bertz CT molecular complexity index is 501. The zero-order valence-electron chi connectivity index (χ0n) is 13.2. The molecule has 5 nitrogen and oxygen atoms in total. The van der Waals surface area contributed by atoms with Gasteiger partial charge in [-0.05, 0) is 39.2 Å². The summed E-state index contributed by atoms with van der Waals surface area (Å²) in [7, 11) is 0. The van der Waals surface area contributed by atoms with Crippen molar-refractivity contribution in [2.24, 2.45) is 0 Å². The van der Waals surface area contributed by atoms with Gasteiger partial charge in [-0.1, -0.05) is 6.42 Å². The van der Waals surface area contributed by atoms with Gasteiger partial charge < -0.3 is 10.1 Å². The number of rotatable bonds is 5. The third-order valence-electron chi connectivity index (χ3n) is 4.51. The normalized spacial score (nSPS) is 23.0. The van der Waals surface area contributed by atoms with Crippen LogP contribution in [0.2, 0.25) is 0 Å². The van der Waals surface area contributed by atoms with Crippen LogP contribution in [0.5, 0.6) is 0 Å². The molecule has 1 aliphatic carbocycles. The lowest BCUT2D eigenvalue weighted by Crippen LogP contribution is -2.47. The smallest absolute Gasteiger partial charge is 0.407 e. The number of alkyl carbamates (subject to hydrolysis) is 1. The summed E-state index contributed by atoms with van der Waals surface area (Å²) >= 11 is 1.87. The third-order valence-corrected chi connectivity index (χ3v) is 5.65. The standard InChI is InChI=1S/C16H25N3O2S/c1-2-21-16(20)18-13-7-4-8-19(10-13)11-14-9-17-15(22-14)12-5-3-6-12/h9,12-13H,2-8,10-11H2,1H3,(H,18,20)/t13-/m0/s1. The number of likely N-dealkylation sites (tertiary alicyclic amines) is 1. The molecule has 6 heteroatoms. The van der Waals surface area contributed by atoms with Gasteiger partial charge in [0, 0.05) is 36.1 Å². The van der Waals surface area contributed by atoms with Crippen LogP contribution in [0.3, 0.4) is 0 Å². The van der Waals surface area contributed by atoms with E-state index >= 15 is 0 Å². The molecule has 2 heterocycles. The molecule has 0 unspecified atom stereocenters. The SMILES string of the molecule is CCOC(=O)N[C@H]1CCCN(Cc2cnc(C3CCC3)s2)C1. The first-order valence-electron chi connectivity index (χ1n) is 8.35. The maximum Gasteiger partial charge on any atom is 0.407 e. The number of ether oxygens (including phenoxy) is 1. The Morgan fingerprint density at radius 1 is 1.45 bits per heavy atom. The maximum atomic E-state index is 11.5. The minimum absolute atomic E-state index is 0.201. The zero-order valence-corrected chi connectivity index (χ0v) is 14.0. The van der Waals surface area contributed by atoms with Gasteiger partial charge in [-0.15, -0.1) is 11.3 Å². The summed E-state index contributed by atoms with van der Waals surface area (Å²) in [6.45, 7) is 5.20. The minimum Gasteiger partial charge on any atom is -0.450 e. The Hall–Kier alpha value is -1.14. The predicted molar refractivity (Wildman–Crippen MR) is 87.2 cm³/mol. The van der Waals surface area contributed by atoms with Gasteiger partial charge in [-0.3, -0.25) is 4.90 Å². The van der Waals surface area contributed by atoms with Gasteiger partial charge in [-0.2, -0.15) is 0 Å². The Kier molecular flexibility index (Phi) is 5.31. The number of hydrogen-bond acceptors (Lipinski definition) is 5. The van der Waals surface area contributed by atoms with E-state index in [9.17, 15) is 4.79 Å². The molecule has 1 atom stereocenters. The molecule has 0 aromatic carbocycles. The molecule has 1 saturated carbocycles. The van der Waals surface area contributed by atoms with Crippen molar-refractivity contribution in [3.63, 3.8) is 0 Å². The van der Waals surface area contributed by atoms with Gasteiger partial charge in [-0.25, -0.2) is 9.78 Å². The van der Waals surface area contributed by atoms with Crippen molar-refractivity contribution in [3.05, 3.63) is 16.1 Å². The second-order valence-electron chi connectivity index (χ2n) is 6.23. The molecule has 1 saturated heterocycles. The van der Waals surface area contributed by atoms with Crippen LogP contribution in [0.15, 0.2) is 6.20 Å².